The van der Waals surface area contributed by atoms with Crippen LogP contribution in [0, 0.1) is 33.3 Å². The van der Waals surface area contributed by atoms with Gasteiger partial charge in [0.15, 0.2) is 0 Å². The fourth-order valence-electron chi connectivity index (χ4n) is 0. The molecule has 0 saturated carbocycles. The minimum absolute atomic E-state index is 0. The van der Waals surface area contributed by atoms with Crippen molar-refractivity contribution in [1.29, 1.82) is 0 Å². The van der Waals surface area contributed by atoms with Crippen LogP contribution in [0.1, 0.15) is 0 Å². The molecule has 0 radical (unpaired) electrons. The van der Waals surface area contributed by atoms with E-state index < -0.39 is 0 Å². The quantitative estimate of drug-likeness (QED) is 0.292. The van der Waals surface area contributed by atoms with Crippen LogP contribution in [0.4, 0.5) is 0 Å². The first-order valence-electron chi connectivity index (χ1n) is 1.02. The Morgan fingerprint density at radius 1 is 0.364 bits per heavy atom. The van der Waals surface area contributed by atoms with Crippen molar-refractivity contribution in [2.75, 3.05) is 0 Å². The van der Waals surface area contributed by atoms with Crippen molar-refractivity contribution in [2.24, 2.45) is 0 Å². The Hall–Kier alpha value is -0.781. The molecule has 11 heavy (non-hydrogen) atoms. The molecule has 0 aliphatic heterocycles. The molecule has 0 aromatic heterocycles. The number of hydrogen-bond donors (Lipinski definition) is 0. The van der Waals surface area contributed by atoms with Crippen molar-refractivity contribution in [3.8, 4) is 0 Å². The summed E-state index contributed by atoms with van der Waals surface area (Å²) in [7, 11) is 0. The van der Waals surface area contributed by atoms with Crippen LogP contribution in [-0.4, -0.2) is 0 Å². The average Bonchev–Trinajstić information content (AvgIpc) is 2.20. The average molecular weight is 197 g/mol. The van der Waals surface area contributed by atoms with Gasteiger partial charge in [0.2, 0.25) is 0 Å². The molecule has 0 aliphatic rings. The Balaban J connectivity index is -0.00000000694. The van der Waals surface area contributed by atoms with Gasteiger partial charge in [0.25, 0.3) is 0 Å². The Morgan fingerprint density at radius 3 is 0.364 bits per heavy atom. The molecular formula is C5FeO5. The number of rotatable bonds is 0. The van der Waals surface area contributed by atoms with Crippen LogP contribution in [0.25, 0.3) is 0 Å². The summed E-state index contributed by atoms with van der Waals surface area (Å²) in [4.78, 5) is 0. The Labute approximate surface area is 74.2 Å². The molecule has 0 saturated heterocycles. The Bertz CT molecular complexity index is 73.4. The monoisotopic (exact) mass is 197 g/mol. The summed E-state index contributed by atoms with van der Waals surface area (Å²) in [5.41, 5.74) is 0. The summed E-state index contributed by atoms with van der Waals surface area (Å²) >= 11 is 0. The summed E-state index contributed by atoms with van der Waals surface area (Å²) in [5, 5.41) is 0. The van der Waals surface area contributed by atoms with Crippen LogP contribution in [0.5, 0.6) is 0 Å². The van der Waals surface area contributed by atoms with Crippen LogP contribution < -0.4 is 0 Å². The summed E-state index contributed by atoms with van der Waals surface area (Å²) in [6.45, 7) is 22.5. The van der Waals surface area contributed by atoms with E-state index in [1.54, 1.807) is 0 Å². The summed E-state index contributed by atoms with van der Waals surface area (Å²) < 4.78 is 37.5. The zero-order chi connectivity index (χ0) is 10.0. The zero-order valence-electron chi connectivity index (χ0n) is 4.89. The third-order valence-corrected chi connectivity index (χ3v) is 0. The third-order valence-electron chi connectivity index (χ3n) is 0. The molecule has 0 bridgehead atoms. The second-order valence-electron chi connectivity index (χ2n) is 0. The van der Waals surface area contributed by atoms with Crippen molar-refractivity contribution in [3.05, 3.63) is 33.3 Å². The van der Waals surface area contributed by atoms with E-state index in [4.69, 9.17) is 23.3 Å². The van der Waals surface area contributed by atoms with Crippen LogP contribution in [0.15, 0.2) is 0 Å². The van der Waals surface area contributed by atoms with E-state index in [0.29, 0.717) is 0 Å². The number of hydrogen-bond acceptors (Lipinski definition) is 0. The molecule has 0 rings (SSSR count). The maximum atomic E-state index is 7.50. The third kappa shape index (κ3) is 789. The second kappa shape index (κ2) is 1020. The molecule has 0 unspecified atom stereocenters. The zero-order valence-corrected chi connectivity index (χ0v) is 6.00. The van der Waals surface area contributed by atoms with E-state index in [1.165, 1.54) is 0 Å². The molecule has 0 atom stereocenters. The fourth-order valence-corrected chi connectivity index (χ4v) is 0. The fraction of sp³-hybridized carbons (Fsp3) is 0. The molecule has 0 spiro atoms. The summed E-state index contributed by atoms with van der Waals surface area (Å²) in [6.07, 6.45) is 0. The van der Waals surface area contributed by atoms with E-state index in [9.17, 15) is 0 Å². The van der Waals surface area contributed by atoms with Crippen molar-refractivity contribution < 1.29 is 40.3 Å². The first-order chi connectivity index (χ1) is 5.00. The second-order valence-corrected chi connectivity index (χ2v) is 0. The predicted octanol–water partition coefficient (Wildman–Crippen LogP) is -0.190. The molecule has 0 aromatic rings. The van der Waals surface area contributed by atoms with Gasteiger partial charge in [-0.05, 0) is 0 Å². The molecule has 5 nitrogen and oxygen atoms in total. The van der Waals surface area contributed by atoms with Crippen molar-refractivity contribution in [1.82, 2.24) is 0 Å². The van der Waals surface area contributed by atoms with Crippen LogP contribution in [-0.2, 0) is 40.3 Å². The summed E-state index contributed by atoms with van der Waals surface area (Å²) in [5.74, 6) is 0. The van der Waals surface area contributed by atoms with Gasteiger partial charge in [-0.15, -0.1) is 0 Å². The normalized spacial score (nSPS) is 0.909. The van der Waals surface area contributed by atoms with E-state index in [0.717, 1.165) is 0 Å². The molecule has 0 N–H and O–H groups in total. The molecule has 58 valence electrons. The van der Waals surface area contributed by atoms with Crippen molar-refractivity contribution >= 4 is 0 Å². The van der Waals surface area contributed by atoms with E-state index >= 15 is 0 Å². The van der Waals surface area contributed by atoms with Crippen LogP contribution >= 0.6 is 0 Å². The van der Waals surface area contributed by atoms with Gasteiger partial charge in [-0.1, -0.05) is 0 Å². The van der Waals surface area contributed by atoms with Crippen molar-refractivity contribution in [2.45, 2.75) is 0 Å². The van der Waals surface area contributed by atoms with Gasteiger partial charge in [0, 0.05) is 17.1 Å². The van der Waals surface area contributed by atoms with Gasteiger partial charge in [-0.2, -0.15) is 0 Å². The Morgan fingerprint density at radius 2 is 0.364 bits per heavy atom. The molecule has 0 fully saturated rings. The molecule has 0 aromatic carbocycles. The van der Waals surface area contributed by atoms with Crippen LogP contribution in [0.2, 0.25) is 0 Å². The van der Waals surface area contributed by atoms with Gasteiger partial charge in [0.1, 0.15) is 0 Å². The van der Waals surface area contributed by atoms with Crippen molar-refractivity contribution in [3.63, 3.8) is 0 Å². The molecule has 0 aliphatic carbocycles. The topological polar surface area (TPSA) is 99.5 Å². The maximum absolute atomic E-state index is 7.50. The molecule has 0 amide bonds. The summed E-state index contributed by atoms with van der Waals surface area (Å²) in [6, 6.07) is 0. The first kappa shape index (κ1) is 48.8. The van der Waals surface area contributed by atoms with Gasteiger partial charge in [-0.25, -0.2) is 0 Å². The van der Waals surface area contributed by atoms with Gasteiger partial charge in [0.05, 0.1) is 0 Å². The van der Waals surface area contributed by atoms with E-state index in [2.05, 4.69) is 33.3 Å². The Kier molecular flexibility index (Phi) is 4530. The molecule has 6 heteroatoms. The first-order valence-corrected chi connectivity index (χ1v) is 1.02. The SMILES string of the molecule is [57Fe].[C-]#[O+].[C-]#[O+].[C-]#[O+].[C-]#[O+].[C-]#[O+]. The molecule has 0 heterocycles. The van der Waals surface area contributed by atoms with Gasteiger partial charge < -0.3 is 0 Å². The van der Waals surface area contributed by atoms with Gasteiger partial charge >= 0.3 is 56.5 Å². The predicted molar refractivity (Wildman–Crippen MR) is 19.6 cm³/mol. The molecular weight excluding hydrogens is 197 g/mol. The minimum atomic E-state index is 0. The van der Waals surface area contributed by atoms with Gasteiger partial charge in [-0.3, -0.25) is 0 Å². The van der Waals surface area contributed by atoms with E-state index in [-0.39, 0.29) is 17.1 Å². The standard InChI is InChI=1S/5CO.Fe/c5*1-2;/i;;;;;1+1. The van der Waals surface area contributed by atoms with Crippen LogP contribution in [0.3, 0.4) is 0 Å². The van der Waals surface area contributed by atoms with E-state index in [1.807, 2.05) is 0 Å².